The number of aryl methyl sites for hydroxylation is 2. The van der Waals surface area contributed by atoms with Crippen molar-refractivity contribution in [3.05, 3.63) is 83.7 Å². The Morgan fingerprint density at radius 3 is 2.94 bits per heavy atom. The number of ether oxygens (including phenoxy) is 1. The first-order valence-electron chi connectivity index (χ1n) is 12.2. The Kier molecular flexibility index (Phi) is 5.80. The number of benzene rings is 1. The summed E-state index contributed by atoms with van der Waals surface area (Å²) in [5.41, 5.74) is 5.99. The SMILES string of the molecule is O=C(O)CC(c1ccn2cnnc2c1)n1ncc2cc(OCCc3ccc4c(n3)CCCC4)ccc21. The maximum atomic E-state index is 11.7. The molecule has 4 heterocycles. The van der Waals surface area contributed by atoms with Gasteiger partial charge in [0, 0.05) is 29.4 Å². The predicted octanol–water partition coefficient (Wildman–Crippen LogP) is 4.04. The number of aliphatic carboxylic acids is 1. The molecule has 1 aliphatic rings. The molecule has 9 heteroatoms. The first-order valence-corrected chi connectivity index (χ1v) is 12.2. The van der Waals surface area contributed by atoms with Crippen molar-refractivity contribution in [3.8, 4) is 5.75 Å². The molecule has 1 unspecified atom stereocenters. The van der Waals surface area contributed by atoms with E-state index in [1.54, 1.807) is 21.6 Å². The van der Waals surface area contributed by atoms with Gasteiger partial charge in [-0.25, -0.2) is 0 Å². The minimum absolute atomic E-state index is 0.104. The van der Waals surface area contributed by atoms with Crippen LogP contribution in [-0.2, 0) is 24.1 Å². The van der Waals surface area contributed by atoms with Gasteiger partial charge in [0.25, 0.3) is 0 Å². The molecule has 36 heavy (non-hydrogen) atoms. The van der Waals surface area contributed by atoms with Crippen molar-refractivity contribution >= 4 is 22.5 Å². The van der Waals surface area contributed by atoms with Crippen LogP contribution in [0.1, 0.15) is 47.8 Å². The zero-order chi connectivity index (χ0) is 24.5. The number of carboxylic acid groups (broad SMARTS) is 1. The van der Waals surface area contributed by atoms with Crippen LogP contribution in [0.4, 0.5) is 0 Å². The lowest BCUT2D eigenvalue weighted by molar-refractivity contribution is -0.137. The average Bonchev–Trinajstić information content (AvgIpc) is 3.53. The first-order chi connectivity index (χ1) is 17.6. The van der Waals surface area contributed by atoms with Crippen molar-refractivity contribution in [1.82, 2.24) is 29.4 Å². The van der Waals surface area contributed by atoms with Crippen molar-refractivity contribution in [1.29, 1.82) is 0 Å². The number of nitrogens with zero attached hydrogens (tertiary/aromatic N) is 6. The number of fused-ring (bicyclic) bond motifs is 3. The summed E-state index contributed by atoms with van der Waals surface area (Å²) < 4.78 is 9.57. The Labute approximate surface area is 207 Å². The van der Waals surface area contributed by atoms with E-state index in [0.29, 0.717) is 12.3 Å². The fraction of sp³-hybridized carbons (Fsp3) is 0.296. The molecule has 1 aromatic carbocycles. The first kappa shape index (κ1) is 22.2. The third-order valence-electron chi connectivity index (χ3n) is 6.80. The van der Waals surface area contributed by atoms with Gasteiger partial charge in [-0.2, -0.15) is 5.10 Å². The maximum absolute atomic E-state index is 11.7. The summed E-state index contributed by atoms with van der Waals surface area (Å²) >= 11 is 0. The fourth-order valence-electron chi connectivity index (χ4n) is 4.96. The van der Waals surface area contributed by atoms with E-state index in [9.17, 15) is 9.90 Å². The van der Waals surface area contributed by atoms with Crippen LogP contribution < -0.4 is 4.74 Å². The summed E-state index contributed by atoms with van der Waals surface area (Å²) in [5, 5.41) is 23.0. The second-order valence-corrected chi connectivity index (χ2v) is 9.19. The van der Waals surface area contributed by atoms with Gasteiger partial charge in [0.15, 0.2) is 5.65 Å². The van der Waals surface area contributed by atoms with Crippen LogP contribution in [0.2, 0.25) is 0 Å². The minimum atomic E-state index is -0.902. The van der Waals surface area contributed by atoms with Gasteiger partial charge in [0.05, 0.1) is 30.8 Å². The van der Waals surface area contributed by atoms with E-state index in [0.717, 1.165) is 47.2 Å². The highest BCUT2D eigenvalue weighted by Gasteiger charge is 2.21. The topological polar surface area (TPSA) is 107 Å². The highest BCUT2D eigenvalue weighted by molar-refractivity contribution is 5.81. The molecule has 182 valence electrons. The smallest absolute Gasteiger partial charge is 0.305 e. The van der Waals surface area contributed by atoms with Gasteiger partial charge < -0.3 is 9.84 Å². The van der Waals surface area contributed by atoms with Gasteiger partial charge in [0.2, 0.25) is 0 Å². The lowest BCUT2D eigenvalue weighted by Gasteiger charge is -2.18. The van der Waals surface area contributed by atoms with Crippen LogP contribution in [0.3, 0.4) is 0 Å². The van der Waals surface area contributed by atoms with E-state index in [-0.39, 0.29) is 6.42 Å². The van der Waals surface area contributed by atoms with E-state index in [1.165, 1.54) is 24.1 Å². The molecule has 0 spiro atoms. The van der Waals surface area contributed by atoms with E-state index in [4.69, 9.17) is 9.72 Å². The molecule has 1 N–H and O–H groups in total. The molecular formula is C27H26N6O3. The Morgan fingerprint density at radius 1 is 1.11 bits per heavy atom. The quantitative estimate of drug-likeness (QED) is 0.356. The zero-order valence-electron chi connectivity index (χ0n) is 19.7. The Bertz CT molecular complexity index is 1560. The molecule has 0 radical (unpaired) electrons. The molecule has 0 amide bonds. The second kappa shape index (κ2) is 9.41. The molecule has 4 aromatic heterocycles. The van der Waals surface area contributed by atoms with Crippen LogP contribution in [0.5, 0.6) is 5.75 Å². The maximum Gasteiger partial charge on any atom is 0.305 e. The molecule has 0 bridgehead atoms. The van der Waals surface area contributed by atoms with Crippen molar-refractivity contribution in [2.45, 2.75) is 44.6 Å². The summed E-state index contributed by atoms with van der Waals surface area (Å²) in [6.07, 6.45) is 10.5. The number of hydrogen-bond acceptors (Lipinski definition) is 6. The van der Waals surface area contributed by atoms with Crippen molar-refractivity contribution < 1.29 is 14.6 Å². The number of rotatable bonds is 8. The third-order valence-corrected chi connectivity index (χ3v) is 6.80. The number of hydrogen-bond donors (Lipinski definition) is 1. The highest BCUT2D eigenvalue weighted by atomic mass is 16.5. The van der Waals surface area contributed by atoms with Gasteiger partial charge in [-0.15, -0.1) is 10.2 Å². The van der Waals surface area contributed by atoms with Crippen molar-refractivity contribution in [2.24, 2.45) is 0 Å². The molecule has 1 aliphatic carbocycles. The van der Waals surface area contributed by atoms with Gasteiger partial charge in [-0.05, 0) is 73.2 Å². The third kappa shape index (κ3) is 4.39. The Hall–Kier alpha value is -4.27. The Balaban J connectivity index is 1.20. The zero-order valence-corrected chi connectivity index (χ0v) is 19.7. The summed E-state index contributed by atoms with van der Waals surface area (Å²) in [6, 6.07) is 13.3. The van der Waals surface area contributed by atoms with Gasteiger partial charge >= 0.3 is 5.97 Å². The van der Waals surface area contributed by atoms with Crippen LogP contribution in [-0.4, -0.2) is 47.0 Å². The summed E-state index contributed by atoms with van der Waals surface area (Å²) in [7, 11) is 0. The molecule has 9 nitrogen and oxygen atoms in total. The fourth-order valence-corrected chi connectivity index (χ4v) is 4.96. The largest absolute Gasteiger partial charge is 0.493 e. The molecule has 0 aliphatic heterocycles. The summed E-state index contributed by atoms with van der Waals surface area (Å²) in [6.45, 7) is 0.533. The monoisotopic (exact) mass is 482 g/mol. The lowest BCUT2D eigenvalue weighted by Crippen LogP contribution is -2.16. The van der Waals surface area contributed by atoms with Crippen LogP contribution in [0.15, 0.2) is 61.2 Å². The van der Waals surface area contributed by atoms with Crippen LogP contribution in [0, 0.1) is 0 Å². The average molecular weight is 483 g/mol. The molecule has 1 atom stereocenters. The minimum Gasteiger partial charge on any atom is -0.493 e. The number of carboxylic acids is 1. The standard InChI is InChI=1S/C27H26N6O3/c34-27(35)15-25(19-9-11-32-17-28-31-26(32)14-19)33-24-8-7-22(13-20(24)16-29-33)36-12-10-21-6-5-18-3-1-2-4-23(18)30-21/h5-9,11,13-14,16-17,25H,1-4,10,12,15H2,(H,34,35). The molecule has 5 aromatic rings. The highest BCUT2D eigenvalue weighted by Crippen LogP contribution is 2.29. The normalized spacial score (nSPS) is 14.1. The van der Waals surface area contributed by atoms with Gasteiger partial charge in [0.1, 0.15) is 12.1 Å². The van der Waals surface area contributed by atoms with Gasteiger partial charge in [-0.3, -0.25) is 18.9 Å². The molecule has 0 saturated heterocycles. The van der Waals surface area contributed by atoms with Crippen LogP contribution in [0.25, 0.3) is 16.6 Å². The number of aromatic nitrogens is 6. The Morgan fingerprint density at radius 2 is 2.03 bits per heavy atom. The molecule has 0 saturated carbocycles. The number of carbonyl (C=O) groups is 1. The van der Waals surface area contributed by atoms with E-state index < -0.39 is 12.0 Å². The van der Waals surface area contributed by atoms with E-state index >= 15 is 0 Å². The van der Waals surface area contributed by atoms with Crippen molar-refractivity contribution in [2.75, 3.05) is 6.61 Å². The van der Waals surface area contributed by atoms with E-state index in [1.807, 2.05) is 36.5 Å². The second-order valence-electron chi connectivity index (χ2n) is 9.19. The molecule has 6 rings (SSSR count). The van der Waals surface area contributed by atoms with E-state index in [2.05, 4.69) is 27.4 Å². The van der Waals surface area contributed by atoms with Crippen LogP contribution >= 0.6 is 0 Å². The van der Waals surface area contributed by atoms with Gasteiger partial charge in [-0.1, -0.05) is 6.07 Å². The molecular weight excluding hydrogens is 456 g/mol. The lowest BCUT2D eigenvalue weighted by atomic mass is 9.96. The predicted molar refractivity (Wildman–Crippen MR) is 133 cm³/mol. The summed E-state index contributed by atoms with van der Waals surface area (Å²) in [5.74, 6) is -0.152. The number of pyridine rings is 2. The summed E-state index contributed by atoms with van der Waals surface area (Å²) in [4.78, 5) is 16.5. The molecule has 0 fully saturated rings. The van der Waals surface area contributed by atoms with Crippen molar-refractivity contribution in [3.63, 3.8) is 0 Å².